The number of carbonyl (C=O) groups is 2. The van der Waals surface area contributed by atoms with Crippen molar-refractivity contribution in [2.45, 2.75) is 26.0 Å². The van der Waals surface area contributed by atoms with Crippen LogP contribution in [0.2, 0.25) is 0 Å². The average Bonchev–Trinajstić information content (AvgIpc) is 2.40. The van der Waals surface area contributed by atoms with Crippen molar-refractivity contribution in [1.29, 1.82) is 0 Å². The first-order valence-corrected chi connectivity index (χ1v) is 7.76. The maximum Gasteiger partial charge on any atom is 0.321 e. The molecule has 1 aromatic rings. The molecule has 1 unspecified atom stereocenters. The number of carboxylic acid groups (broad SMARTS) is 1. The average molecular weight is 312 g/mol. The first kappa shape index (κ1) is 17.4. The molecule has 5 nitrogen and oxygen atoms in total. The van der Waals surface area contributed by atoms with Gasteiger partial charge in [0.2, 0.25) is 0 Å². The van der Waals surface area contributed by atoms with Gasteiger partial charge in [-0.1, -0.05) is 13.8 Å². The van der Waals surface area contributed by atoms with Gasteiger partial charge >= 0.3 is 11.9 Å². The highest BCUT2D eigenvalue weighted by Gasteiger charge is 2.23. The van der Waals surface area contributed by atoms with Crippen LogP contribution < -0.4 is 9.47 Å². The zero-order valence-electron chi connectivity index (χ0n) is 12.4. The number of benzene rings is 1. The molecule has 1 rings (SSSR count). The molecule has 0 aliphatic rings. The van der Waals surface area contributed by atoms with Crippen LogP contribution in [0.25, 0.3) is 0 Å². The Balaban J connectivity index is 2.48. The van der Waals surface area contributed by atoms with Gasteiger partial charge in [0.25, 0.3) is 0 Å². The fraction of sp³-hybridized carbons (Fsp3) is 0.467. The lowest BCUT2D eigenvalue weighted by atomic mass is 10.1. The Bertz CT molecular complexity index is 469. The summed E-state index contributed by atoms with van der Waals surface area (Å²) in [4.78, 5) is 22.7. The summed E-state index contributed by atoms with van der Waals surface area (Å²) in [5, 5.41) is 8.43. The van der Waals surface area contributed by atoms with Crippen LogP contribution in [0, 0.1) is 5.92 Å². The predicted octanol–water partition coefficient (Wildman–Crippen LogP) is 2.83. The first-order valence-electron chi connectivity index (χ1n) is 6.72. The number of ether oxygens (including phenoxy) is 2. The number of esters is 1. The standard InChI is InChI=1S/C15H20O5S/c1-4-19-11-5-7-12(8-6-11)20-13(16)9-21-14(10(2)3)15(17)18/h5-8,10,14H,4,9H2,1-3H3,(H,17,18). The SMILES string of the molecule is CCOc1ccc(OC(=O)CSC(C(=O)O)C(C)C)cc1. The Morgan fingerprint density at radius 3 is 2.24 bits per heavy atom. The highest BCUT2D eigenvalue weighted by molar-refractivity contribution is 8.01. The number of aliphatic carboxylic acids is 1. The fourth-order valence-corrected chi connectivity index (χ4v) is 2.54. The molecule has 0 spiro atoms. The number of rotatable bonds is 8. The molecule has 0 aliphatic heterocycles. The summed E-state index contributed by atoms with van der Waals surface area (Å²) in [6, 6.07) is 6.72. The highest BCUT2D eigenvalue weighted by Crippen LogP contribution is 2.21. The molecule has 0 amide bonds. The molecule has 0 heterocycles. The van der Waals surface area contributed by atoms with E-state index in [0.717, 1.165) is 11.8 Å². The molecule has 1 aromatic carbocycles. The van der Waals surface area contributed by atoms with E-state index in [4.69, 9.17) is 14.6 Å². The van der Waals surface area contributed by atoms with Gasteiger partial charge in [0.15, 0.2) is 0 Å². The minimum Gasteiger partial charge on any atom is -0.494 e. The molecule has 0 aromatic heterocycles. The molecule has 0 saturated heterocycles. The Kier molecular flexibility index (Phi) is 7.08. The van der Waals surface area contributed by atoms with Crippen LogP contribution >= 0.6 is 11.8 Å². The lowest BCUT2D eigenvalue weighted by Gasteiger charge is -2.14. The van der Waals surface area contributed by atoms with Gasteiger partial charge < -0.3 is 14.6 Å². The molecule has 0 radical (unpaired) electrons. The molecule has 0 bridgehead atoms. The van der Waals surface area contributed by atoms with E-state index in [1.54, 1.807) is 24.3 Å². The Hall–Kier alpha value is -1.69. The van der Waals surface area contributed by atoms with E-state index in [9.17, 15) is 9.59 Å². The Labute approximate surface area is 128 Å². The summed E-state index contributed by atoms with van der Waals surface area (Å²) < 4.78 is 10.4. The van der Waals surface area contributed by atoms with Crippen LogP contribution in [0.15, 0.2) is 24.3 Å². The maximum absolute atomic E-state index is 11.7. The number of hydrogen-bond acceptors (Lipinski definition) is 5. The second-order valence-corrected chi connectivity index (χ2v) is 5.82. The van der Waals surface area contributed by atoms with Crippen molar-refractivity contribution in [3.05, 3.63) is 24.3 Å². The van der Waals surface area contributed by atoms with Gasteiger partial charge in [-0.15, -0.1) is 11.8 Å². The van der Waals surface area contributed by atoms with Crippen LogP contribution in [0.5, 0.6) is 11.5 Å². The van der Waals surface area contributed by atoms with E-state index in [-0.39, 0.29) is 11.7 Å². The van der Waals surface area contributed by atoms with Gasteiger partial charge in [0.05, 0.1) is 12.4 Å². The van der Waals surface area contributed by atoms with Gasteiger partial charge in [-0.2, -0.15) is 0 Å². The predicted molar refractivity (Wildman–Crippen MR) is 82.0 cm³/mol. The van der Waals surface area contributed by atoms with Crippen molar-refractivity contribution < 1.29 is 24.2 Å². The Morgan fingerprint density at radius 1 is 1.19 bits per heavy atom. The molecule has 116 valence electrons. The van der Waals surface area contributed by atoms with Gasteiger partial charge in [-0.3, -0.25) is 9.59 Å². The van der Waals surface area contributed by atoms with Crippen molar-refractivity contribution in [1.82, 2.24) is 0 Å². The quantitative estimate of drug-likeness (QED) is 0.588. The Morgan fingerprint density at radius 2 is 1.76 bits per heavy atom. The zero-order chi connectivity index (χ0) is 15.8. The third-order valence-electron chi connectivity index (χ3n) is 2.60. The van der Waals surface area contributed by atoms with Gasteiger partial charge in [0.1, 0.15) is 16.7 Å². The summed E-state index contributed by atoms with van der Waals surface area (Å²) in [5.74, 6) is -0.300. The normalized spacial score (nSPS) is 12.0. The van der Waals surface area contributed by atoms with E-state index >= 15 is 0 Å². The van der Waals surface area contributed by atoms with Crippen molar-refractivity contribution in [3.8, 4) is 11.5 Å². The fourth-order valence-electron chi connectivity index (χ4n) is 1.64. The van der Waals surface area contributed by atoms with E-state index in [1.165, 1.54) is 0 Å². The van der Waals surface area contributed by atoms with Gasteiger partial charge in [-0.25, -0.2) is 0 Å². The van der Waals surface area contributed by atoms with Gasteiger partial charge in [-0.05, 0) is 37.1 Å². The molecule has 1 atom stereocenters. The largest absolute Gasteiger partial charge is 0.494 e. The van der Waals surface area contributed by atoms with Gasteiger partial charge in [0, 0.05) is 0 Å². The molecule has 0 fully saturated rings. The molecular weight excluding hydrogens is 292 g/mol. The lowest BCUT2D eigenvalue weighted by molar-refractivity contribution is -0.137. The molecular formula is C15H20O5S. The summed E-state index contributed by atoms with van der Waals surface area (Å²) in [6.07, 6.45) is 0. The second kappa shape index (κ2) is 8.56. The summed E-state index contributed by atoms with van der Waals surface area (Å²) >= 11 is 1.08. The summed E-state index contributed by atoms with van der Waals surface area (Å²) in [5.41, 5.74) is 0. The third-order valence-corrected chi connectivity index (χ3v) is 4.10. The van der Waals surface area contributed by atoms with E-state index in [1.807, 2.05) is 20.8 Å². The second-order valence-electron chi connectivity index (χ2n) is 4.69. The molecule has 0 saturated carbocycles. The van der Waals surface area contributed by atoms with Crippen molar-refractivity contribution in [2.24, 2.45) is 5.92 Å². The maximum atomic E-state index is 11.7. The van der Waals surface area contributed by atoms with Crippen molar-refractivity contribution in [3.63, 3.8) is 0 Å². The number of thioether (sulfide) groups is 1. The minimum atomic E-state index is -0.913. The first-order chi connectivity index (χ1) is 9.93. The van der Waals surface area contributed by atoms with E-state index in [2.05, 4.69) is 0 Å². The molecule has 0 aliphatic carbocycles. The lowest BCUT2D eigenvalue weighted by Crippen LogP contribution is -2.25. The topological polar surface area (TPSA) is 72.8 Å². The number of carbonyl (C=O) groups excluding carboxylic acids is 1. The smallest absolute Gasteiger partial charge is 0.321 e. The number of carboxylic acids is 1. The highest BCUT2D eigenvalue weighted by atomic mass is 32.2. The van der Waals surface area contributed by atoms with Crippen LogP contribution in [-0.2, 0) is 9.59 Å². The molecule has 6 heteroatoms. The molecule has 21 heavy (non-hydrogen) atoms. The third kappa shape index (κ3) is 6.08. The van der Waals surface area contributed by atoms with Crippen molar-refractivity contribution >= 4 is 23.7 Å². The van der Waals surface area contributed by atoms with Crippen LogP contribution in [0.4, 0.5) is 0 Å². The van der Waals surface area contributed by atoms with Crippen LogP contribution in [0.3, 0.4) is 0 Å². The van der Waals surface area contributed by atoms with Crippen LogP contribution in [0.1, 0.15) is 20.8 Å². The summed E-state index contributed by atoms with van der Waals surface area (Å²) in [7, 11) is 0. The minimum absolute atomic E-state index is 0.00234. The number of hydrogen-bond donors (Lipinski definition) is 1. The molecule has 1 N–H and O–H groups in total. The van der Waals surface area contributed by atoms with Crippen molar-refractivity contribution in [2.75, 3.05) is 12.4 Å². The van der Waals surface area contributed by atoms with Crippen LogP contribution in [-0.4, -0.2) is 34.7 Å². The van der Waals surface area contributed by atoms with E-state index < -0.39 is 17.2 Å². The van der Waals surface area contributed by atoms with E-state index in [0.29, 0.717) is 18.1 Å². The monoisotopic (exact) mass is 312 g/mol. The summed E-state index contributed by atoms with van der Waals surface area (Å²) in [6.45, 7) is 6.08. The zero-order valence-corrected chi connectivity index (χ0v) is 13.2.